The van der Waals surface area contributed by atoms with Crippen LogP contribution >= 0.6 is 0 Å². The molecule has 0 heterocycles. The molecule has 0 aliphatic rings. The fraction of sp³-hybridized carbons (Fsp3) is 0.647. The second-order valence-corrected chi connectivity index (χ2v) is 5.29. The summed E-state index contributed by atoms with van der Waals surface area (Å²) in [5.74, 6) is 0.451. The van der Waals surface area contributed by atoms with E-state index in [1.807, 2.05) is 12.1 Å². The van der Waals surface area contributed by atoms with Gasteiger partial charge in [0.15, 0.2) is 0 Å². The van der Waals surface area contributed by atoms with E-state index in [4.69, 9.17) is 0 Å². The fourth-order valence-electron chi connectivity index (χ4n) is 2.78. The lowest BCUT2D eigenvalue weighted by Gasteiger charge is -2.28. The van der Waals surface area contributed by atoms with Crippen molar-refractivity contribution < 1.29 is 4.39 Å². The summed E-state index contributed by atoms with van der Waals surface area (Å²) in [4.78, 5) is 0. The molecule has 19 heavy (non-hydrogen) atoms. The highest BCUT2D eigenvalue weighted by atomic mass is 19.1. The molecule has 0 aliphatic carbocycles. The normalized spacial score (nSPS) is 12.9. The van der Waals surface area contributed by atoms with Crippen LogP contribution in [0.1, 0.15) is 64.5 Å². The molecule has 1 nitrogen and oxygen atoms in total. The summed E-state index contributed by atoms with van der Waals surface area (Å²) < 4.78 is 14.1. The van der Waals surface area contributed by atoms with Crippen molar-refractivity contribution in [1.82, 2.24) is 5.32 Å². The molecule has 0 saturated carbocycles. The number of hydrogen-bond donors (Lipinski definition) is 1. The molecule has 0 bridgehead atoms. The SMILES string of the molecule is CCCNC(c1ccccc1F)C(CCC)CCC. The summed E-state index contributed by atoms with van der Waals surface area (Å²) in [6, 6.07) is 7.37. The third-order valence-corrected chi connectivity index (χ3v) is 3.64. The first-order valence-corrected chi connectivity index (χ1v) is 7.72. The molecule has 1 rings (SSSR count). The second-order valence-electron chi connectivity index (χ2n) is 5.29. The van der Waals surface area contributed by atoms with E-state index in [9.17, 15) is 4.39 Å². The first-order chi connectivity index (χ1) is 9.24. The maximum Gasteiger partial charge on any atom is 0.127 e. The van der Waals surface area contributed by atoms with Gasteiger partial charge in [0.25, 0.3) is 0 Å². The summed E-state index contributed by atoms with van der Waals surface area (Å²) in [6.45, 7) is 7.52. The number of halogens is 1. The Labute approximate surface area is 117 Å². The molecule has 0 spiro atoms. The largest absolute Gasteiger partial charge is 0.310 e. The molecule has 0 radical (unpaired) electrons. The van der Waals surface area contributed by atoms with Crippen molar-refractivity contribution in [2.75, 3.05) is 6.54 Å². The second kappa shape index (κ2) is 9.08. The Balaban J connectivity index is 2.94. The van der Waals surface area contributed by atoms with Crippen LogP contribution in [0, 0.1) is 11.7 Å². The van der Waals surface area contributed by atoms with Gasteiger partial charge in [-0.2, -0.15) is 0 Å². The van der Waals surface area contributed by atoms with E-state index in [1.165, 1.54) is 0 Å². The number of rotatable bonds is 9. The lowest BCUT2D eigenvalue weighted by molar-refractivity contribution is 0.309. The van der Waals surface area contributed by atoms with Crippen LogP contribution in [0.25, 0.3) is 0 Å². The summed E-state index contributed by atoms with van der Waals surface area (Å²) >= 11 is 0. The summed E-state index contributed by atoms with van der Waals surface area (Å²) in [6.07, 6.45) is 5.70. The topological polar surface area (TPSA) is 12.0 Å². The maximum absolute atomic E-state index is 14.1. The molecular formula is C17H28FN. The summed E-state index contributed by atoms with van der Waals surface area (Å²) in [7, 11) is 0. The van der Waals surface area contributed by atoms with Gasteiger partial charge in [0.2, 0.25) is 0 Å². The van der Waals surface area contributed by atoms with Gasteiger partial charge >= 0.3 is 0 Å². The zero-order valence-electron chi connectivity index (χ0n) is 12.6. The first-order valence-electron chi connectivity index (χ1n) is 7.72. The molecular weight excluding hydrogens is 237 g/mol. The molecule has 1 aromatic carbocycles. The molecule has 1 N–H and O–H groups in total. The van der Waals surface area contributed by atoms with Crippen LogP contribution in [0.15, 0.2) is 24.3 Å². The van der Waals surface area contributed by atoms with Crippen molar-refractivity contribution >= 4 is 0 Å². The third kappa shape index (κ3) is 4.94. The minimum atomic E-state index is -0.0756. The van der Waals surface area contributed by atoms with Crippen molar-refractivity contribution in [3.05, 3.63) is 35.6 Å². The number of nitrogens with one attached hydrogen (secondary N) is 1. The van der Waals surface area contributed by atoms with Gasteiger partial charge in [-0.15, -0.1) is 0 Å². The summed E-state index contributed by atoms with van der Waals surface area (Å²) in [5, 5.41) is 3.56. The van der Waals surface area contributed by atoms with Crippen molar-refractivity contribution in [3.8, 4) is 0 Å². The van der Waals surface area contributed by atoms with Crippen LogP contribution in [-0.2, 0) is 0 Å². The Morgan fingerprint density at radius 3 is 2.16 bits per heavy atom. The van der Waals surface area contributed by atoms with Gasteiger partial charge in [-0.05, 0) is 37.8 Å². The van der Waals surface area contributed by atoms with Crippen LogP contribution in [0.4, 0.5) is 4.39 Å². The summed E-state index contributed by atoms with van der Waals surface area (Å²) in [5.41, 5.74) is 0.836. The van der Waals surface area contributed by atoms with E-state index < -0.39 is 0 Å². The van der Waals surface area contributed by atoms with Gasteiger partial charge in [0, 0.05) is 11.6 Å². The highest BCUT2D eigenvalue weighted by Gasteiger charge is 2.23. The predicted octanol–water partition coefficient (Wildman–Crippen LogP) is 5.08. The van der Waals surface area contributed by atoms with Crippen molar-refractivity contribution in [2.45, 2.75) is 58.9 Å². The van der Waals surface area contributed by atoms with Crippen molar-refractivity contribution in [3.63, 3.8) is 0 Å². The zero-order chi connectivity index (χ0) is 14.1. The number of hydrogen-bond acceptors (Lipinski definition) is 1. The first kappa shape index (κ1) is 16.2. The standard InChI is InChI=1S/C17H28FN/c1-4-9-14(10-5-2)17(19-13-6-3)15-11-7-8-12-16(15)18/h7-8,11-12,14,17,19H,4-6,9-10,13H2,1-3H3. The van der Waals surface area contributed by atoms with Crippen LogP contribution in [-0.4, -0.2) is 6.54 Å². The minimum Gasteiger partial charge on any atom is -0.310 e. The molecule has 0 amide bonds. The fourth-order valence-corrected chi connectivity index (χ4v) is 2.78. The van der Waals surface area contributed by atoms with E-state index >= 15 is 0 Å². The highest BCUT2D eigenvalue weighted by Crippen LogP contribution is 2.31. The lowest BCUT2D eigenvalue weighted by Crippen LogP contribution is -2.30. The Morgan fingerprint density at radius 2 is 1.63 bits per heavy atom. The lowest BCUT2D eigenvalue weighted by atomic mass is 9.86. The van der Waals surface area contributed by atoms with E-state index in [1.54, 1.807) is 12.1 Å². The van der Waals surface area contributed by atoms with Crippen LogP contribution in [0.3, 0.4) is 0 Å². The van der Waals surface area contributed by atoms with Crippen LogP contribution < -0.4 is 5.32 Å². The molecule has 0 aromatic heterocycles. The molecule has 0 fully saturated rings. The van der Waals surface area contributed by atoms with E-state index in [-0.39, 0.29) is 11.9 Å². The van der Waals surface area contributed by atoms with Gasteiger partial charge in [-0.1, -0.05) is 51.8 Å². The van der Waals surface area contributed by atoms with Crippen LogP contribution in [0.2, 0.25) is 0 Å². The highest BCUT2D eigenvalue weighted by molar-refractivity contribution is 5.22. The smallest absolute Gasteiger partial charge is 0.127 e. The average molecular weight is 265 g/mol. The van der Waals surface area contributed by atoms with E-state index in [0.717, 1.165) is 44.2 Å². The molecule has 1 atom stereocenters. The Morgan fingerprint density at radius 1 is 1.00 bits per heavy atom. The van der Waals surface area contributed by atoms with Gasteiger partial charge in [0.05, 0.1) is 0 Å². The Hall–Kier alpha value is -0.890. The molecule has 1 aromatic rings. The molecule has 1 unspecified atom stereocenters. The van der Waals surface area contributed by atoms with Crippen LogP contribution in [0.5, 0.6) is 0 Å². The van der Waals surface area contributed by atoms with Gasteiger partial charge in [-0.3, -0.25) is 0 Å². The van der Waals surface area contributed by atoms with E-state index in [0.29, 0.717) is 5.92 Å². The van der Waals surface area contributed by atoms with Crippen molar-refractivity contribution in [2.24, 2.45) is 5.92 Å². The molecule has 108 valence electrons. The minimum absolute atomic E-state index is 0.0756. The zero-order valence-corrected chi connectivity index (χ0v) is 12.6. The number of benzene rings is 1. The third-order valence-electron chi connectivity index (χ3n) is 3.64. The van der Waals surface area contributed by atoms with Gasteiger partial charge in [-0.25, -0.2) is 4.39 Å². The molecule has 2 heteroatoms. The monoisotopic (exact) mass is 265 g/mol. The van der Waals surface area contributed by atoms with Crippen molar-refractivity contribution in [1.29, 1.82) is 0 Å². The predicted molar refractivity (Wildman–Crippen MR) is 80.7 cm³/mol. The molecule has 0 saturated heterocycles. The maximum atomic E-state index is 14.1. The Kier molecular flexibility index (Phi) is 7.73. The van der Waals surface area contributed by atoms with Gasteiger partial charge < -0.3 is 5.32 Å². The van der Waals surface area contributed by atoms with E-state index in [2.05, 4.69) is 26.1 Å². The molecule has 0 aliphatic heterocycles. The Bertz CT molecular complexity index is 345. The van der Waals surface area contributed by atoms with Gasteiger partial charge in [0.1, 0.15) is 5.82 Å². The average Bonchev–Trinajstić information content (AvgIpc) is 2.41. The quantitative estimate of drug-likeness (QED) is 0.656.